The highest BCUT2D eigenvalue weighted by Gasteiger charge is 2.17. The number of fused-ring (bicyclic) bond motifs is 1. The van der Waals surface area contributed by atoms with E-state index in [2.05, 4.69) is 10.6 Å². The number of rotatable bonds is 6. The monoisotopic (exact) mass is 357 g/mol. The second kappa shape index (κ2) is 7.43. The highest BCUT2D eigenvalue weighted by molar-refractivity contribution is 6.05. The second-order valence-electron chi connectivity index (χ2n) is 5.16. The molecule has 2 N–H and O–H groups in total. The highest BCUT2D eigenvalue weighted by atomic mass is 16.7. The van der Waals surface area contributed by atoms with E-state index in [1.807, 2.05) is 0 Å². The quantitative estimate of drug-likeness (QED) is 0.676. The third-order valence-electron chi connectivity index (χ3n) is 3.34. The molecule has 1 aromatic carbocycles. The van der Waals surface area contributed by atoms with E-state index in [0.29, 0.717) is 17.1 Å². The molecule has 0 spiro atoms. The molecule has 2 heterocycles. The average Bonchev–Trinajstić information content (AvgIpc) is 3.29. The van der Waals surface area contributed by atoms with Crippen molar-refractivity contribution in [3.63, 3.8) is 0 Å². The lowest BCUT2D eigenvalue weighted by Gasteiger charge is -2.11. The van der Waals surface area contributed by atoms with Crippen molar-refractivity contribution in [3.05, 3.63) is 53.6 Å². The molecule has 0 saturated carbocycles. The molecule has 1 aromatic heterocycles. The average molecular weight is 357 g/mol. The van der Waals surface area contributed by atoms with Crippen molar-refractivity contribution in [1.82, 2.24) is 10.6 Å². The SMILES string of the molecule is O=C([O-])CNC(=O)/C(=C\c1ccc2c(c1)OCO2)NC(=O)c1ccco1. The lowest BCUT2D eigenvalue weighted by atomic mass is 10.1. The van der Waals surface area contributed by atoms with Crippen molar-refractivity contribution in [3.8, 4) is 11.5 Å². The molecule has 0 fully saturated rings. The Morgan fingerprint density at radius 3 is 2.69 bits per heavy atom. The number of carbonyl (C=O) groups is 3. The number of ether oxygens (including phenoxy) is 2. The van der Waals surface area contributed by atoms with Gasteiger partial charge in [0, 0.05) is 0 Å². The number of nitrogens with one attached hydrogen (secondary N) is 2. The van der Waals surface area contributed by atoms with Gasteiger partial charge in [-0.05, 0) is 35.9 Å². The zero-order valence-electron chi connectivity index (χ0n) is 13.3. The van der Waals surface area contributed by atoms with Crippen LogP contribution in [-0.2, 0) is 9.59 Å². The molecule has 2 amide bonds. The number of carboxylic acid groups (broad SMARTS) is 1. The fourth-order valence-corrected chi connectivity index (χ4v) is 2.17. The number of carbonyl (C=O) groups excluding carboxylic acids is 3. The second-order valence-corrected chi connectivity index (χ2v) is 5.16. The lowest BCUT2D eigenvalue weighted by molar-refractivity contribution is -0.303. The summed E-state index contributed by atoms with van der Waals surface area (Å²) in [5.41, 5.74) is 0.360. The van der Waals surface area contributed by atoms with Crippen molar-refractivity contribution in [2.24, 2.45) is 0 Å². The van der Waals surface area contributed by atoms with Gasteiger partial charge in [-0.1, -0.05) is 6.07 Å². The summed E-state index contributed by atoms with van der Waals surface area (Å²) in [4.78, 5) is 34.9. The van der Waals surface area contributed by atoms with Crippen LogP contribution in [0.5, 0.6) is 11.5 Å². The van der Waals surface area contributed by atoms with E-state index in [4.69, 9.17) is 13.9 Å². The summed E-state index contributed by atoms with van der Waals surface area (Å²) in [5, 5.41) is 15.1. The van der Waals surface area contributed by atoms with Gasteiger partial charge in [0.15, 0.2) is 17.3 Å². The summed E-state index contributed by atoms with van der Waals surface area (Å²) in [5.74, 6) is -1.87. The Morgan fingerprint density at radius 1 is 1.15 bits per heavy atom. The largest absolute Gasteiger partial charge is 0.548 e. The van der Waals surface area contributed by atoms with Gasteiger partial charge in [-0.3, -0.25) is 9.59 Å². The summed E-state index contributed by atoms with van der Waals surface area (Å²) >= 11 is 0. The molecule has 0 bridgehead atoms. The zero-order chi connectivity index (χ0) is 18.5. The van der Waals surface area contributed by atoms with E-state index < -0.39 is 24.3 Å². The standard InChI is InChI=1S/C17H14N2O7/c20-15(21)8-18-16(22)11(19-17(23)13-2-1-5-24-13)6-10-3-4-12-14(7-10)26-9-25-12/h1-7H,8-9H2,(H,18,22)(H,19,23)(H,20,21)/p-1/b11-6+. The van der Waals surface area contributed by atoms with Crippen LogP contribution in [0.2, 0.25) is 0 Å². The number of amides is 2. The minimum absolute atomic E-state index is 0.00529. The van der Waals surface area contributed by atoms with E-state index in [-0.39, 0.29) is 18.3 Å². The van der Waals surface area contributed by atoms with E-state index in [9.17, 15) is 19.5 Å². The summed E-state index contributed by atoms with van der Waals surface area (Å²) in [7, 11) is 0. The number of hydrogen-bond acceptors (Lipinski definition) is 7. The summed E-state index contributed by atoms with van der Waals surface area (Å²) < 4.78 is 15.4. The summed E-state index contributed by atoms with van der Waals surface area (Å²) in [6, 6.07) is 7.87. The number of aliphatic carboxylic acids is 1. The van der Waals surface area contributed by atoms with Gasteiger partial charge in [-0.15, -0.1) is 0 Å². The Labute approximate surface area is 147 Å². The van der Waals surface area contributed by atoms with Crippen molar-refractivity contribution in [1.29, 1.82) is 0 Å². The van der Waals surface area contributed by atoms with Gasteiger partial charge < -0.3 is 34.4 Å². The first-order valence-electron chi connectivity index (χ1n) is 7.47. The molecule has 0 aliphatic carbocycles. The number of furan rings is 1. The van der Waals surface area contributed by atoms with Crippen LogP contribution in [0.4, 0.5) is 0 Å². The van der Waals surface area contributed by atoms with Crippen molar-refractivity contribution in [2.75, 3.05) is 13.3 Å². The first-order valence-corrected chi connectivity index (χ1v) is 7.47. The Hall–Kier alpha value is -3.75. The maximum Gasteiger partial charge on any atom is 0.291 e. The maximum atomic E-state index is 12.2. The summed E-state index contributed by atoms with van der Waals surface area (Å²) in [6.45, 7) is -0.607. The summed E-state index contributed by atoms with van der Waals surface area (Å²) in [6.07, 6.45) is 2.68. The molecule has 26 heavy (non-hydrogen) atoms. The predicted octanol–water partition coefficient (Wildman–Crippen LogP) is -0.355. The molecule has 0 atom stereocenters. The number of benzene rings is 1. The van der Waals surface area contributed by atoms with E-state index in [0.717, 1.165) is 0 Å². The van der Waals surface area contributed by atoms with Gasteiger partial charge in [0.2, 0.25) is 6.79 Å². The molecule has 0 unspecified atom stereocenters. The van der Waals surface area contributed by atoms with Crippen LogP contribution in [-0.4, -0.2) is 31.1 Å². The van der Waals surface area contributed by atoms with E-state index in [1.165, 1.54) is 24.5 Å². The molecule has 1 aliphatic heterocycles. The van der Waals surface area contributed by atoms with Crippen molar-refractivity contribution < 1.29 is 33.4 Å². The van der Waals surface area contributed by atoms with Crippen LogP contribution in [0.15, 0.2) is 46.7 Å². The highest BCUT2D eigenvalue weighted by Crippen LogP contribution is 2.33. The van der Waals surface area contributed by atoms with E-state index in [1.54, 1.807) is 18.2 Å². The van der Waals surface area contributed by atoms with Crippen LogP contribution in [0.25, 0.3) is 6.08 Å². The molecular formula is C17H13N2O7-. The Morgan fingerprint density at radius 2 is 1.96 bits per heavy atom. The Kier molecular flexibility index (Phi) is 4.88. The Bertz CT molecular complexity index is 871. The van der Waals surface area contributed by atoms with Crippen LogP contribution in [0.3, 0.4) is 0 Å². The van der Waals surface area contributed by atoms with Gasteiger partial charge in [-0.25, -0.2) is 0 Å². The fraction of sp³-hybridized carbons (Fsp3) is 0.118. The van der Waals surface area contributed by atoms with Crippen LogP contribution in [0.1, 0.15) is 16.1 Å². The van der Waals surface area contributed by atoms with Crippen molar-refractivity contribution in [2.45, 2.75) is 0 Å². The van der Waals surface area contributed by atoms with Crippen LogP contribution >= 0.6 is 0 Å². The molecule has 0 radical (unpaired) electrons. The molecule has 9 nitrogen and oxygen atoms in total. The minimum Gasteiger partial charge on any atom is -0.548 e. The molecule has 0 saturated heterocycles. The van der Waals surface area contributed by atoms with E-state index >= 15 is 0 Å². The number of carboxylic acids is 1. The molecular weight excluding hydrogens is 344 g/mol. The third-order valence-corrected chi connectivity index (χ3v) is 3.34. The first kappa shape index (κ1) is 17.1. The van der Waals surface area contributed by atoms with Gasteiger partial charge in [0.05, 0.1) is 18.8 Å². The minimum atomic E-state index is -1.46. The zero-order valence-corrected chi connectivity index (χ0v) is 13.3. The molecule has 9 heteroatoms. The maximum absolute atomic E-state index is 12.2. The lowest BCUT2D eigenvalue weighted by Crippen LogP contribution is -2.41. The third kappa shape index (κ3) is 4.01. The molecule has 2 aromatic rings. The first-order chi connectivity index (χ1) is 12.5. The molecule has 1 aliphatic rings. The Balaban J connectivity index is 1.85. The topological polar surface area (TPSA) is 130 Å². The normalized spacial score (nSPS) is 12.5. The van der Waals surface area contributed by atoms with Gasteiger partial charge in [0.25, 0.3) is 11.8 Å². The number of hydrogen-bond donors (Lipinski definition) is 2. The molecule has 134 valence electrons. The predicted molar refractivity (Wildman–Crippen MR) is 84.7 cm³/mol. The van der Waals surface area contributed by atoms with Crippen LogP contribution in [0, 0.1) is 0 Å². The van der Waals surface area contributed by atoms with Gasteiger partial charge in [-0.2, -0.15) is 0 Å². The van der Waals surface area contributed by atoms with Gasteiger partial charge >= 0.3 is 0 Å². The smallest absolute Gasteiger partial charge is 0.291 e. The van der Waals surface area contributed by atoms with Crippen LogP contribution < -0.4 is 25.2 Å². The van der Waals surface area contributed by atoms with Crippen molar-refractivity contribution >= 4 is 23.9 Å². The van der Waals surface area contributed by atoms with Gasteiger partial charge in [0.1, 0.15) is 5.70 Å². The molecule has 3 rings (SSSR count). The fourth-order valence-electron chi connectivity index (χ4n) is 2.17.